The Hall–Kier alpha value is -1.50. The quantitative estimate of drug-likeness (QED) is 0.689. The number of fused-ring (bicyclic) bond motifs is 3. The van der Waals surface area contributed by atoms with Crippen LogP contribution in [-0.4, -0.2) is 35.8 Å². The molecule has 101 valence electrons. The lowest BCUT2D eigenvalue weighted by atomic mass is 9.83. The second kappa shape index (κ2) is 5.12. The fraction of sp³-hybridized carbons (Fsp3) is 0.286. The predicted octanol–water partition coefficient (Wildman–Crippen LogP) is 1.69. The average molecular weight is 286 g/mol. The molecule has 4 nitrogen and oxygen atoms in total. The number of hydrogen-bond donors (Lipinski definition) is 1. The summed E-state index contributed by atoms with van der Waals surface area (Å²) in [6, 6.07) is 7.30. The topological polar surface area (TPSA) is 57.6 Å². The maximum absolute atomic E-state index is 12.0. The van der Waals surface area contributed by atoms with Crippen molar-refractivity contribution in [2.24, 2.45) is 0 Å². The number of thiophene rings is 1. The van der Waals surface area contributed by atoms with Crippen LogP contribution >= 0.6 is 11.3 Å². The second-order valence-electron chi connectivity index (χ2n) is 4.89. The molecule has 0 saturated heterocycles. The van der Waals surface area contributed by atoms with E-state index in [-0.39, 0.29) is 12.3 Å². The molecule has 0 aliphatic carbocycles. The highest BCUT2D eigenvalue weighted by Gasteiger charge is 2.37. The van der Waals surface area contributed by atoms with Crippen molar-refractivity contribution in [1.82, 2.24) is 4.81 Å². The number of rotatable bonds is 3. The van der Waals surface area contributed by atoms with E-state index in [0.29, 0.717) is 6.19 Å². The molecule has 1 aromatic heterocycles. The van der Waals surface area contributed by atoms with E-state index in [1.165, 1.54) is 25.7 Å². The zero-order valence-electron chi connectivity index (χ0n) is 10.9. The van der Waals surface area contributed by atoms with Crippen LogP contribution < -0.4 is 0 Å². The molecule has 20 heavy (non-hydrogen) atoms. The number of ketones is 1. The van der Waals surface area contributed by atoms with Gasteiger partial charge in [0.1, 0.15) is 11.9 Å². The lowest BCUT2D eigenvalue weighted by Crippen LogP contribution is -2.43. The standard InChI is InChI=1S/C14H13BNO3S/c1-8(18)13-12-9-4-2-3-5-11(9)20-14(12)10(19)6-16(13)15-7-17/h2-5,7,10,13,19H,6H2,1H3. The zero-order chi connectivity index (χ0) is 14.3. The normalized spacial score (nSPS) is 22.5. The average Bonchev–Trinajstić information content (AvgIpc) is 2.79. The van der Waals surface area contributed by atoms with Gasteiger partial charge in [-0.2, -0.15) is 0 Å². The highest BCUT2D eigenvalue weighted by atomic mass is 32.1. The van der Waals surface area contributed by atoms with Crippen molar-refractivity contribution in [3.8, 4) is 0 Å². The molecular formula is C14H13BNO3S. The molecule has 2 atom stereocenters. The molecule has 2 unspecified atom stereocenters. The van der Waals surface area contributed by atoms with Crippen LogP contribution in [0.3, 0.4) is 0 Å². The third kappa shape index (κ3) is 2.00. The van der Waals surface area contributed by atoms with Gasteiger partial charge in [0.05, 0.1) is 12.2 Å². The first-order valence-electron chi connectivity index (χ1n) is 6.37. The fourth-order valence-corrected chi connectivity index (χ4v) is 4.04. The van der Waals surface area contributed by atoms with Gasteiger partial charge < -0.3 is 14.7 Å². The Balaban J connectivity index is 2.23. The molecular weight excluding hydrogens is 273 g/mol. The maximum atomic E-state index is 12.0. The first-order valence-corrected chi connectivity index (χ1v) is 7.19. The Morgan fingerprint density at radius 1 is 1.50 bits per heavy atom. The summed E-state index contributed by atoms with van der Waals surface area (Å²) < 4.78 is 1.05. The third-order valence-electron chi connectivity index (χ3n) is 3.59. The number of aliphatic hydroxyl groups is 1. The van der Waals surface area contributed by atoms with Crippen molar-refractivity contribution in [2.75, 3.05) is 6.54 Å². The Morgan fingerprint density at radius 2 is 2.25 bits per heavy atom. The number of Topliss-reactive ketones (excluding diaryl/α,β-unsaturated/α-hetero) is 1. The van der Waals surface area contributed by atoms with Gasteiger partial charge in [-0.25, -0.2) is 0 Å². The Kier molecular flexibility index (Phi) is 3.46. The smallest absolute Gasteiger partial charge is 0.294 e. The van der Waals surface area contributed by atoms with Gasteiger partial charge in [-0.15, -0.1) is 11.3 Å². The van der Waals surface area contributed by atoms with Gasteiger partial charge in [0.25, 0.3) is 7.41 Å². The molecule has 0 fully saturated rings. The minimum atomic E-state index is -0.672. The van der Waals surface area contributed by atoms with Crippen LogP contribution in [0.5, 0.6) is 0 Å². The van der Waals surface area contributed by atoms with Crippen LogP contribution in [0.2, 0.25) is 0 Å². The molecule has 0 spiro atoms. The van der Waals surface area contributed by atoms with E-state index in [0.717, 1.165) is 20.5 Å². The van der Waals surface area contributed by atoms with Crippen molar-refractivity contribution in [3.63, 3.8) is 0 Å². The van der Waals surface area contributed by atoms with Gasteiger partial charge in [-0.3, -0.25) is 4.79 Å². The van der Waals surface area contributed by atoms with Crippen molar-refractivity contribution < 1.29 is 14.7 Å². The van der Waals surface area contributed by atoms with Crippen LogP contribution in [0, 0.1) is 0 Å². The number of β-amino-alcohol motifs (C(OH)–C–C–N with tert-alkyl or cyclic N) is 1. The van der Waals surface area contributed by atoms with E-state index in [4.69, 9.17) is 0 Å². The van der Waals surface area contributed by atoms with E-state index in [2.05, 4.69) is 0 Å². The summed E-state index contributed by atoms with van der Waals surface area (Å²) in [6.45, 7) is 1.78. The second-order valence-corrected chi connectivity index (χ2v) is 5.97. The third-order valence-corrected chi connectivity index (χ3v) is 4.88. The molecule has 1 radical (unpaired) electrons. The summed E-state index contributed by atoms with van der Waals surface area (Å²) in [5, 5.41) is 11.3. The summed E-state index contributed by atoms with van der Waals surface area (Å²) in [6.07, 6.45) is -0.0171. The molecule has 0 amide bonds. The van der Waals surface area contributed by atoms with E-state index in [1.54, 1.807) is 4.81 Å². The van der Waals surface area contributed by atoms with Gasteiger partial charge >= 0.3 is 0 Å². The highest BCUT2D eigenvalue weighted by Crippen LogP contribution is 2.44. The van der Waals surface area contributed by atoms with Crippen LogP contribution in [0.1, 0.15) is 29.5 Å². The highest BCUT2D eigenvalue weighted by molar-refractivity contribution is 7.19. The number of nitrogens with zero attached hydrogens (tertiary/aromatic N) is 1. The number of carbonyl (C=O) groups is 2. The van der Waals surface area contributed by atoms with Crippen molar-refractivity contribution in [2.45, 2.75) is 19.1 Å². The Morgan fingerprint density at radius 3 is 2.95 bits per heavy atom. The maximum Gasteiger partial charge on any atom is 0.294 e. The summed E-state index contributed by atoms with van der Waals surface area (Å²) in [4.78, 5) is 25.3. The summed E-state index contributed by atoms with van der Waals surface area (Å²) >= 11 is 1.52. The van der Waals surface area contributed by atoms with E-state index >= 15 is 0 Å². The lowest BCUT2D eigenvalue weighted by Gasteiger charge is -2.35. The minimum absolute atomic E-state index is 0.0280. The van der Waals surface area contributed by atoms with Crippen molar-refractivity contribution in [3.05, 3.63) is 34.7 Å². The lowest BCUT2D eigenvalue weighted by molar-refractivity contribution is -0.121. The molecule has 6 heteroatoms. The van der Waals surface area contributed by atoms with Crippen LogP contribution in [0.4, 0.5) is 0 Å². The van der Waals surface area contributed by atoms with Crippen molar-refractivity contribution in [1.29, 1.82) is 0 Å². The fourth-order valence-electron chi connectivity index (χ4n) is 2.83. The van der Waals surface area contributed by atoms with Crippen LogP contribution in [0.15, 0.2) is 24.3 Å². The molecule has 0 bridgehead atoms. The van der Waals surface area contributed by atoms with E-state index in [1.807, 2.05) is 24.3 Å². The molecule has 1 aromatic carbocycles. The monoisotopic (exact) mass is 286 g/mol. The number of hydrogen-bond acceptors (Lipinski definition) is 5. The minimum Gasteiger partial charge on any atom is -0.386 e. The van der Waals surface area contributed by atoms with E-state index < -0.39 is 12.1 Å². The molecule has 1 N–H and O–H groups in total. The van der Waals surface area contributed by atoms with Crippen LogP contribution in [0.25, 0.3) is 10.1 Å². The Labute approximate surface area is 121 Å². The first kappa shape index (κ1) is 13.5. The van der Waals surface area contributed by atoms with E-state index in [9.17, 15) is 14.7 Å². The zero-order valence-corrected chi connectivity index (χ0v) is 11.8. The van der Waals surface area contributed by atoms with Crippen LogP contribution in [-0.2, 0) is 9.59 Å². The SMILES string of the molecule is CC(=O)C1c2c(sc3ccccc23)C(O)CN1[B]C=O. The molecule has 2 aromatic rings. The summed E-state index contributed by atoms with van der Waals surface area (Å²) in [5.41, 5.74) is 0.843. The molecule has 1 aliphatic rings. The van der Waals surface area contributed by atoms with Gasteiger partial charge in [-0.1, -0.05) is 18.2 Å². The van der Waals surface area contributed by atoms with Gasteiger partial charge in [0.15, 0.2) is 0 Å². The molecule has 1 aliphatic heterocycles. The summed E-state index contributed by atoms with van der Waals surface area (Å²) in [5.74, 6) is -0.0280. The van der Waals surface area contributed by atoms with Gasteiger partial charge in [-0.05, 0) is 18.4 Å². The number of carbonyl (C=O) groups excluding carboxylic acids is 2. The first-order chi connectivity index (χ1) is 9.63. The number of benzene rings is 1. The van der Waals surface area contributed by atoms with Gasteiger partial charge in [0, 0.05) is 21.7 Å². The molecule has 0 saturated carbocycles. The Bertz CT molecular complexity index is 684. The number of aliphatic hydroxyl groups excluding tert-OH is 1. The summed E-state index contributed by atoms with van der Waals surface area (Å²) in [7, 11) is 1.34. The largest absolute Gasteiger partial charge is 0.386 e. The molecule has 2 heterocycles. The predicted molar refractivity (Wildman–Crippen MR) is 79.4 cm³/mol. The molecule has 3 rings (SSSR count). The van der Waals surface area contributed by atoms with Gasteiger partial charge in [0.2, 0.25) is 0 Å². The van der Waals surface area contributed by atoms with Crippen molar-refractivity contribution >= 4 is 40.8 Å².